The number of thiocarbonyl (C=S) groups is 1. The number of unbranched alkanes of at least 4 members (excludes halogenated alkanes) is 1. The molecule has 0 fully saturated rings. The molecule has 0 amide bonds. The molecule has 2 nitrogen and oxygen atoms in total. The number of aryl methyl sites for hydroxylation is 1. The van der Waals surface area contributed by atoms with Gasteiger partial charge in [0.2, 0.25) is 0 Å². The number of hydrogen-bond donors (Lipinski definition) is 1. The first-order valence-electron chi connectivity index (χ1n) is 6.73. The number of rotatable bonds is 7. The van der Waals surface area contributed by atoms with Gasteiger partial charge in [-0.25, -0.2) is 0 Å². The highest BCUT2D eigenvalue weighted by Gasteiger charge is 2.04. The lowest BCUT2D eigenvalue weighted by Gasteiger charge is -2.10. The Hall–Kier alpha value is -0.740. The highest BCUT2D eigenvalue weighted by atomic mass is 32.2. The molecule has 0 bridgehead atoms. The summed E-state index contributed by atoms with van der Waals surface area (Å²) in [5.74, 6) is 1.12. The second kappa shape index (κ2) is 8.43. The molecule has 0 aromatic heterocycles. The van der Waals surface area contributed by atoms with Gasteiger partial charge in [-0.05, 0) is 31.9 Å². The van der Waals surface area contributed by atoms with Crippen LogP contribution < -0.4 is 5.32 Å². The fourth-order valence-electron chi connectivity index (χ4n) is 1.58. The van der Waals surface area contributed by atoms with Gasteiger partial charge in [0.25, 0.3) is 0 Å². The third-order valence-corrected chi connectivity index (χ3v) is 4.94. The second-order valence-electron chi connectivity index (χ2n) is 5.02. The van der Waals surface area contributed by atoms with Crippen LogP contribution in [0.2, 0.25) is 0 Å². The number of hydrogen-bond acceptors (Lipinski definition) is 2. The van der Waals surface area contributed by atoms with Crippen molar-refractivity contribution in [3.8, 4) is 0 Å². The van der Waals surface area contributed by atoms with Crippen molar-refractivity contribution in [3.63, 3.8) is 0 Å². The van der Waals surface area contributed by atoms with Crippen molar-refractivity contribution in [3.05, 3.63) is 29.8 Å². The molecule has 1 aromatic carbocycles. The molecule has 19 heavy (non-hydrogen) atoms. The Morgan fingerprint density at radius 3 is 2.47 bits per heavy atom. The van der Waals surface area contributed by atoms with Crippen molar-refractivity contribution in [2.45, 2.75) is 38.5 Å². The molecule has 0 saturated carbocycles. The van der Waals surface area contributed by atoms with Gasteiger partial charge in [-0.15, -0.1) is 0 Å². The predicted octanol–water partition coefficient (Wildman–Crippen LogP) is 3.46. The SMILES string of the molecule is Cc1ccc(S(=O)CCCCNC(=S)C(C)C)cc1. The van der Waals surface area contributed by atoms with E-state index in [1.165, 1.54) is 5.56 Å². The van der Waals surface area contributed by atoms with Crippen LogP contribution in [0.25, 0.3) is 0 Å². The highest BCUT2D eigenvalue weighted by Crippen LogP contribution is 2.09. The lowest BCUT2D eigenvalue weighted by molar-refractivity contribution is 0.674. The van der Waals surface area contributed by atoms with Crippen LogP contribution >= 0.6 is 12.2 Å². The average molecular weight is 297 g/mol. The molecule has 0 saturated heterocycles. The van der Waals surface area contributed by atoms with Crippen molar-refractivity contribution in [2.75, 3.05) is 12.3 Å². The van der Waals surface area contributed by atoms with Gasteiger partial charge in [-0.1, -0.05) is 43.8 Å². The Balaban J connectivity index is 2.21. The fourth-order valence-corrected chi connectivity index (χ4v) is 2.83. The minimum absolute atomic E-state index is 0.400. The quantitative estimate of drug-likeness (QED) is 0.617. The van der Waals surface area contributed by atoms with Crippen LogP contribution in [0.3, 0.4) is 0 Å². The van der Waals surface area contributed by atoms with Gasteiger partial charge in [-0.3, -0.25) is 4.21 Å². The molecule has 0 aliphatic heterocycles. The van der Waals surface area contributed by atoms with Crippen LogP contribution in [0.4, 0.5) is 0 Å². The zero-order valence-electron chi connectivity index (χ0n) is 11.9. The van der Waals surface area contributed by atoms with E-state index in [-0.39, 0.29) is 0 Å². The summed E-state index contributed by atoms with van der Waals surface area (Å²) < 4.78 is 12.0. The van der Waals surface area contributed by atoms with Gasteiger partial charge in [0.05, 0.1) is 15.8 Å². The molecule has 4 heteroatoms. The smallest absolute Gasteiger partial charge is 0.0779 e. The summed E-state index contributed by atoms with van der Waals surface area (Å²) in [4.78, 5) is 1.84. The maximum Gasteiger partial charge on any atom is 0.0779 e. The summed E-state index contributed by atoms with van der Waals surface area (Å²) in [6.07, 6.45) is 1.96. The maximum atomic E-state index is 12.0. The third-order valence-electron chi connectivity index (χ3n) is 2.86. The molecular formula is C15H23NOS2. The van der Waals surface area contributed by atoms with Crippen molar-refractivity contribution in [2.24, 2.45) is 5.92 Å². The van der Waals surface area contributed by atoms with Gasteiger partial charge >= 0.3 is 0 Å². The summed E-state index contributed by atoms with van der Waals surface area (Å²) in [6.45, 7) is 7.08. The van der Waals surface area contributed by atoms with E-state index in [9.17, 15) is 4.21 Å². The molecule has 0 radical (unpaired) electrons. The summed E-state index contributed by atoms with van der Waals surface area (Å²) >= 11 is 5.20. The van der Waals surface area contributed by atoms with Gasteiger partial charge in [0.15, 0.2) is 0 Å². The lowest BCUT2D eigenvalue weighted by Crippen LogP contribution is -2.26. The van der Waals surface area contributed by atoms with E-state index in [0.717, 1.165) is 35.0 Å². The average Bonchev–Trinajstić information content (AvgIpc) is 2.38. The van der Waals surface area contributed by atoms with E-state index in [4.69, 9.17) is 12.2 Å². The first kappa shape index (κ1) is 16.3. The molecule has 0 aliphatic rings. The Morgan fingerprint density at radius 2 is 1.89 bits per heavy atom. The molecule has 1 atom stereocenters. The first-order chi connectivity index (χ1) is 9.00. The zero-order chi connectivity index (χ0) is 14.3. The molecule has 0 spiro atoms. The minimum Gasteiger partial charge on any atom is -0.379 e. The van der Waals surface area contributed by atoms with Crippen molar-refractivity contribution >= 4 is 28.0 Å². The molecule has 1 unspecified atom stereocenters. The molecule has 1 aromatic rings. The molecular weight excluding hydrogens is 274 g/mol. The molecule has 0 aliphatic carbocycles. The van der Waals surface area contributed by atoms with Crippen molar-refractivity contribution in [1.82, 2.24) is 5.32 Å². The Morgan fingerprint density at radius 1 is 1.26 bits per heavy atom. The van der Waals surface area contributed by atoms with Gasteiger partial charge in [-0.2, -0.15) is 0 Å². The zero-order valence-corrected chi connectivity index (χ0v) is 13.6. The number of nitrogens with one attached hydrogen (secondary N) is 1. The van der Waals surface area contributed by atoms with Gasteiger partial charge < -0.3 is 5.32 Å². The van der Waals surface area contributed by atoms with E-state index in [1.807, 2.05) is 31.2 Å². The molecule has 0 heterocycles. The Labute approximate surface area is 124 Å². The standard InChI is InChI=1S/C15H23NOS2/c1-12(2)15(18)16-10-4-5-11-19(17)14-8-6-13(3)7-9-14/h6-9,12H,4-5,10-11H2,1-3H3,(H,16,18). The summed E-state index contributed by atoms with van der Waals surface area (Å²) in [5.41, 5.74) is 1.20. The van der Waals surface area contributed by atoms with E-state index in [0.29, 0.717) is 5.92 Å². The van der Waals surface area contributed by atoms with E-state index in [2.05, 4.69) is 19.2 Å². The largest absolute Gasteiger partial charge is 0.379 e. The van der Waals surface area contributed by atoms with Gasteiger partial charge in [0.1, 0.15) is 0 Å². The number of benzene rings is 1. The predicted molar refractivity (Wildman–Crippen MR) is 87.1 cm³/mol. The maximum absolute atomic E-state index is 12.0. The van der Waals surface area contributed by atoms with E-state index >= 15 is 0 Å². The Kier molecular flexibility index (Phi) is 7.24. The minimum atomic E-state index is -0.875. The molecule has 1 rings (SSSR count). The van der Waals surface area contributed by atoms with E-state index < -0.39 is 10.8 Å². The summed E-state index contributed by atoms with van der Waals surface area (Å²) in [6, 6.07) is 7.93. The summed E-state index contributed by atoms with van der Waals surface area (Å²) in [7, 11) is -0.875. The van der Waals surface area contributed by atoms with Crippen molar-refractivity contribution < 1.29 is 4.21 Å². The van der Waals surface area contributed by atoms with Crippen LogP contribution in [-0.2, 0) is 10.8 Å². The third kappa shape index (κ3) is 6.30. The van der Waals surface area contributed by atoms with Crippen LogP contribution in [0, 0.1) is 12.8 Å². The van der Waals surface area contributed by atoms with Crippen LogP contribution in [0.15, 0.2) is 29.2 Å². The Bertz CT molecular complexity index is 426. The fraction of sp³-hybridized carbons (Fsp3) is 0.533. The molecule has 106 valence electrons. The van der Waals surface area contributed by atoms with Crippen LogP contribution in [-0.4, -0.2) is 21.5 Å². The second-order valence-corrected chi connectivity index (χ2v) is 7.03. The first-order valence-corrected chi connectivity index (χ1v) is 8.46. The highest BCUT2D eigenvalue weighted by molar-refractivity contribution is 7.85. The monoisotopic (exact) mass is 297 g/mol. The van der Waals surface area contributed by atoms with Crippen LogP contribution in [0.5, 0.6) is 0 Å². The normalized spacial score (nSPS) is 12.4. The summed E-state index contributed by atoms with van der Waals surface area (Å²) in [5, 5.41) is 3.24. The lowest BCUT2D eigenvalue weighted by atomic mass is 10.2. The molecule has 1 N–H and O–H groups in total. The van der Waals surface area contributed by atoms with Gasteiger partial charge in [0, 0.05) is 23.1 Å². The van der Waals surface area contributed by atoms with E-state index in [1.54, 1.807) is 0 Å². The van der Waals surface area contributed by atoms with Crippen LogP contribution in [0.1, 0.15) is 32.3 Å². The topological polar surface area (TPSA) is 29.1 Å². The van der Waals surface area contributed by atoms with Crippen molar-refractivity contribution in [1.29, 1.82) is 0 Å².